The largest absolute Gasteiger partial charge is 0.327 e. The third-order valence-corrected chi connectivity index (χ3v) is 5.92. The van der Waals surface area contributed by atoms with E-state index in [4.69, 9.17) is 5.73 Å². The van der Waals surface area contributed by atoms with Crippen molar-refractivity contribution < 1.29 is 12.8 Å². The lowest BCUT2D eigenvalue weighted by atomic mass is 10.0. The second-order valence-electron chi connectivity index (χ2n) is 6.12. The van der Waals surface area contributed by atoms with Gasteiger partial charge in [0.15, 0.2) is 0 Å². The Morgan fingerprint density at radius 3 is 2.64 bits per heavy atom. The van der Waals surface area contributed by atoms with Gasteiger partial charge in [-0.2, -0.15) is 0 Å². The first-order valence-electron chi connectivity index (χ1n) is 8.24. The molecule has 0 aliphatic rings. The molecule has 0 atom stereocenters. The number of aromatic nitrogens is 3. The van der Waals surface area contributed by atoms with Crippen molar-refractivity contribution in [2.24, 2.45) is 5.73 Å². The molecule has 2 aromatic carbocycles. The molecule has 0 amide bonds. The van der Waals surface area contributed by atoms with Crippen molar-refractivity contribution in [2.75, 3.05) is 20.6 Å². The molecule has 10 heteroatoms. The maximum absolute atomic E-state index is 13.8. The Kier molecular flexibility index (Phi) is 6.89. The summed E-state index contributed by atoms with van der Waals surface area (Å²) in [6.45, 7) is 0.0447. The van der Waals surface area contributed by atoms with Crippen LogP contribution in [-0.2, 0) is 16.6 Å². The highest BCUT2D eigenvalue weighted by Gasteiger charge is 2.18. The number of halogens is 2. The van der Waals surface area contributed by atoms with Crippen molar-refractivity contribution in [2.45, 2.75) is 11.4 Å². The average Bonchev–Trinajstić information content (AvgIpc) is 3.05. The van der Waals surface area contributed by atoms with Crippen LogP contribution in [0.5, 0.6) is 0 Å². The summed E-state index contributed by atoms with van der Waals surface area (Å²) in [5.74, 6) is -0.395. The smallest absolute Gasteiger partial charge is 0.242 e. The minimum absolute atomic E-state index is 0. The van der Waals surface area contributed by atoms with Crippen LogP contribution in [0, 0.1) is 0 Å². The van der Waals surface area contributed by atoms with E-state index in [-0.39, 0.29) is 30.4 Å². The van der Waals surface area contributed by atoms with E-state index in [0.717, 1.165) is 9.87 Å². The van der Waals surface area contributed by atoms with Gasteiger partial charge in [-0.15, -0.1) is 17.5 Å². The van der Waals surface area contributed by atoms with Crippen molar-refractivity contribution in [3.63, 3.8) is 0 Å². The minimum atomic E-state index is -3.55. The molecule has 0 radical (unpaired) electrons. The lowest BCUT2D eigenvalue weighted by Crippen LogP contribution is -2.22. The number of nitrogens with zero attached hydrogens (tertiary/aromatic N) is 4. The SMILES string of the molecule is CN(C)S(=O)(=O)c1cccc(-c2cccc3c2nnn3C/C(F)=C/CN)c1.Cl. The Morgan fingerprint density at radius 1 is 1.25 bits per heavy atom. The standard InChI is InChI=1S/C18H20FN5O2S.ClH/c1-23(2)27(25,26)15-6-3-5-13(11-15)16-7-4-8-17-18(16)21-22-24(17)12-14(19)9-10-20;/h3-9,11H,10,12,20H2,1-2H3;1H/b14-9-;. The fraction of sp³-hybridized carbons (Fsp3) is 0.222. The summed E-state index contributed by atoms with van der Waals surface area (Å²) in [5.41, 5.74) is 7.95. The molecular weight excluding hydrogens is 405 g/mol. The van der Waals surface area contributed by atoms with E-state index < -0.39 is 15.9 Å². The normalized spacial score (nSPS) is 12.4. The van der Waals surface area contributed by atoms with E-state index in [0.29, 0.717) is 16.6 Å². The Morgan fingerprint density at radius 2 is 1.96 bits per heavy atom. The van der Waals surface area contributed by atoms with Crippen LogP contribution in [0.2, 0.25) is 0 Å². The number of allylic oxidation sites excluding steroid dienone is 1. The molecule has 28 heavy (non-hydrogen) atoms. The summed E-state index contributed by atoms with van der Waals surface area (Å²) in [6, 6.07) is 12.0. The molecule has 0 aliphatic carbocycles. The van der Waals surface area contributed by atoms with Gasteiger partial charge in [0.05, 0.1) is 17.0 Å². The average molecular weight is 426 g/mol. The highest BCUT2D eigenvalue weighted by atomic mass is 35.5. The second-order valence-corrected chi connectivity index (χ2v) is 8.27. The molecule has 1 aromatic heterocycles. The third kappa shape index (κ3) is 4.22. The number of hydrogen-bond donors (Lipinski definition) is 1. The molecule has 0 aliphatic heterocycles. The number of fused-ring (bicyclic) bond motifs is 1. The van der Waals surface area contributed by atoms with Crippen LogP contribution in [0.1, 0.15) is 0 Å². The molecule has 2 N–H and O–H groups in total. The molecule has 1 heterocycles. The zero-order valence-electron chi connectivity index (χ0n) is 15.4. The summed E-state index contributed by atoms with van der Waals surface area (Å²) in [6.07, 6.45) is 1.28. The molecule has 3 aromatic rings. The summed E-state index contributed by atoms with van der Waals surface area (Å²) < 4.78 is 41.2. The van der Waals surface area contributed by atoms with Gasteiger partial charge < -0.3 is 5.73 Å². The molecule has 7 nitrogen and oxygen atoms in total. The van der Waals surface area contributed by atoms with Gasteiger partial charge in [0, 0.05) is 26.2 Å². The van der Waals surface area contributed by atoms with Crippen LogP contribution >= 0.6 is 12.4 Å². The lowest BCUT2D eigenvalue weighted by molar-refractivity contribution is 0.520. The predicted molar refractivity (Wildman–Crippen MR) is 109 cm³/mol. The number of benzene rings is 2. The van der Waals surface area contributed by atoms with Gasteiger partial charge in [-0.05, 0) is 29.8 Å². The van der Waals surface area contributed by atoms with Crippen LogP contribution in [-0.4, -0.2) is 48.4 Å². The monoisotopic (exact) mass is 425 g/mol. The van der Waals surface area contributed by atoms with Crippen molar-refractivity contribution in [1.82, 2.24) is 19.3 Å². The van der Waals surface area contributed by atoms with E-state index in [1.54, 1.807) is 36.4 Å². The number of rotatable bonds is 6. The zero-order chi connectivity index (χ0) is 19.6. The number of sulfonamides is 1. The molecule has 150 valence electrons. The first kappa shape index (κ1) is 22.0. The van der Waals surface area contributed by atoms with Gasteiger partial charge in [0.1, 0.15) is 11.3 Å². The van der Waals surface area contributed by atoms with Crippen LogP contribution in [0.3, 0.4) is 0 Å². The van der Waals surface area contributed by atoms with Gasteiger partial charge >= 0.3 is 0 Å². The predicted octanol–water partition coefficient (Wildman–Crippen LogP) is 2.58. The molecule has 0 fully saturated rings. The molecule has 3 rings (SSSR count). The first-order valence-corrected chi connectivity index (χ1v) is 9.68. The summed E-state index contributed by atoms with van der Waals surface area (Å²) in [4.78, 5) is 0.186. The highest BCUT2D eigenvalue weighted by molar-refractivity contribution is 7.89. The maximum atomic E-state index is 13.8. The molecule has 0 unspecified atom stereocenters. The molecule has 0 bridgehead atoms. The Labute approximate surface area is 169 Å². The fourth-order valence-corrected chi connectivity index (χ4v) is 3.66. The topological polar surface area (TPSA) is 94.1 Å². The fourth-order valence-electron chi connectivity index (χ4n) is 2.71. The van der Waals surface area contributed by atoms with Crippen LogP contribution in [0.4, 0.5) is 4.39 Å². The third-order valence-electron chi connectivity index (χ3n) is 4.11. The Hall–Kier alpha value is -2.33. The van der Waals surface area contributed by atoms with E-state index in [9.17, 15) is 12.8 Å². The van der Waals surface area contributed by atoms with Crippen molar-refractivity contribution in [3.05, 3.63) is 54.4 Å². The van der Waals surface area contributed by atoms with Crippen molar-refractivity contribution in [1.29, 1.82) is 0 Å². The number of hydrogen-bond acceptors (Lipinski definition) is 5. The van der Waals surface area contributed by atoms with Gasteiger partial charge in [-0.25, -0.2) is 21.8 Å². The maximum Gasteiger partial charge on any atom is 0.242 e. The Balaban J connectivity index is 0.00000280. The summed E-state index contributed by atoms with van der Waals surface area (Å²) in [7, 11) is -0.587. The first-order chi connectivity index (χ1) is 12.8. The zero-order valence-corrected chi connectivity index (χ0v) is 17.0. The van der Waals surface area contributed by atoms with Gasteiger partial charge in [-0.3, -0.25) is 0 Å². The van der Waals surface area contributed by atoms with Crippen LogP contribution in [0.15, 0.2) is 59.3 Å². The second kappa shape index (κ2) is 8.78. The van der Waals surface area contributed by atoms with E-state index >= 15 is 0 Å². The van der Waals surface area contributed by atoms with Crippen molar-refractivity contribution >= 4 is 33.5 Å². The minimum Gasteiger partial charge on any atom is -0.327 e. The quantitative estimate of drug-likeness (QED) is 0.655. The number of nitrogens with two attached hydrogens (primary N) is 1. The lowest BCUT2D eigenvalue weighted by Gasteiger charge is -2.12. The van der Waals surface area contributed by atoms with Gasteiger partial charge in [0.2, 0.25) is 10.0 Å². The van der Waals surface area contributed by atoms with Crippen molar-refractivity contribution in [3.8, 4) is 11.1 Å². The Bertz CT molecular complexity index is 1110. The van der Waals surface area contributed by atoms with E-state index in [1.165, 1.54) is 24.9 Å². The highest BCUT2D eigenvalue weighted by Crippen LogP contribution is 2.29. The molecular formula is C18H21ClFN5O2S. The molecule has 0 saturated heterocycles. The molecule has 0 spiro atoms. The van der Waals surface area contributed by atoms with E-state index in [1.807, 2.05) is 6.07 Å². The summed E-state index contributed by atoms with van der Waals surface area (Å²) >= 11 is 0. The molecule has 0 saturated carbocycles. The summed E-state index contributed by atoms with van der Waals surface area (Å²) in [5, 5.41) is 8.18. The van der Waals surface area contributed by atoms with Crippen LogP contribution in [0.25, 0.3) is 22.2 Å². The van der Waals surface area contributed by atoms with Gasteiger partial charge in [-0.1, -0.05) is 29.5 Å². The van der Waals surface area contributed by atoms with E-state index in [2.05, 4.69) is 10.3 Å². The van der Waals surface area contributed by atoms with Gasteiger partial charge in [0.25, 0.3) is 0 Å². The van der Waals surface area contributed by atoms with Crippen LogP contribution < -0.4 is 5.73 Å².